The van der Waals surface area contributed by atoms with E-state index >= 15 is 0 Å². The summed E-state index contributed by atoms with van der Waals surface area (Å²) in [4.78, 5) is 7.11. The maximum absolute atomic E-state index is 2.64. The predicted octanol–water partition coefficient (Wildman–Crippen LogP) is 4.00. The summed E-state index contributed by atoms with van der Waals surface area (Å²) in [6.07, 6.45) is 2.59. The first kappa shape index (κ1) is 16.8. The van der Waals surface area contributed by atoms with Gasteiger partial charge in [0, 0.05) is 39.6 Å². The maximum atomic E-state index is 2.64. The summed E-state index contributed by atoms with van der Waals surface area (Å²) in [7, 11) is 8.55. The van der Waals surface area contributed by atoms with Gasteiger partial charge in [0.1, 0.15) is 0 Å². The molecule has 1 heterocycles. The molecule has 0 bridgehead atoms. The van der Waals surface area contributed by atoms with E-state index in [4.69, 9.17) is 0 Å². The topological polar surface area (TPSA) is 9.72 Å². The summed E-state index contributed by atoms with van der Waals surface area (Å²) >= 11 is 0. The molecule has 1 aliphatic rings. The molecular weight excluding hydrogens is 294 g/mol. The van der Waals surface area contributed by atoms with Crippen molar-refractivity contribution >= 4 is 11.4 Å². The fraction of sp³-hybridized carbons (Fsp3) is 0.429. The zero-order chi connectivity index (χ0) is 17.1. The molecule has 1 fully saturated rings. The van der Waals surface area contributed by atoms with Gasteiger partial charge in [-0.05, 0) is 49.2 Å². The highest BCUT2D eigenvalue weighted by Crippen LogP contribution is 2.39. The Balaban J connectivity index is 2.16. The Morgan fingerprint density at radius 2 is 1.12 bits per heavy atom. The zero-order valence-electron chi connectivity index (χ0n) is 15.4. The average Bonchev–Trinajstić information content (AvgIpc) is 3.10. The zero-order valence-corrected chi connectivity index (χ0v) is 15.4. The van der Waals surface area contributed by atoms with Gasteiger partial charge in [-0.1, -0.05) is 36.4 Å². The first-order valence-corrected chi connectivity index (χ1v) is 8.86. The molecule has 3 nitrogen and oxygen atoms in total. The lowest BCUT2D eigenvalue weighted by Crippen LogP contribution is -2.29. The summed E-state index contributed by atoms with van der Waals surface area (Å²) in [5.74, 6) is 0. The summed E-state index contributed by atoms with van der Waals surface area (Å²) in [5, 5.41) is 0. The van der Waals surface area contributed by atoms with Crippen molar-refractivity contribution in [3.63, 3.8) is 0 Å². The van der Waals surface area contributed by atoms with Crippen molar-refractivity contribution in [2.24, 2.45) is 0 Å². The van der Waals surface area contributed by atoms with Crippen molar-refractivity contribution in [1.82, 2.24) is 4.90 Å². The third-order valence-electron chi connectivity index (χ3n) is 4.93. The van der Waals surface area contributed by atoms with Crippen LogP contribution in [0.1, 0.15) is 30.0 Å². The van der Waals surface area contributed by atoms with Crippen LogP contribution in [0.3, 0.4) is 0 Å². The largest absolute Gasteiger partial charge is 0.377 e. The van der Waals surface area contributed by atoms with Crippen molar-refractivity contribution in [2.45, 2.75) is 18.9 Å². The highest BCUT2D eigenvalue weighted by Gasteiger charge is 2.29. The first-order chi connectivity index (χ1) is 11.6. The fourth-order valence-corrected chi connectivity index (χ4v) is 3.81. The molecule has 0 spiro atoms. The highest BCUT2D eigenvalue weighted by molar-refractivity contribution is 5.62. The minimum absolute atomic E-state index is 0.310. The first-order valence-electron chi connectivity index (χ1n) is 8.86. The molecule has 0 N–H and O–H groups in total. The third-order valence-corrected chi connectivity index (χ3v) is 4.93. The molecule has 3 heteroatoms. The molecule has 1 aliphatic heterocycles. The van der Waals surface area contributed by atoms with Crippen LogP contribution < -0.4 is 9.80 Å². The van der Waals surface area contributed by atoms with Gasteiger partial charge < -0.3 is 9.80 Å². The molecule has 0 aliphatic carbocycles. The smallest absolute Gasteiger partial charge is 0.0642 e. The molecule has 0 saturated carbocycles. The Labute approximate surface area is 146 Å². The number of anilines is 2. The number of hydrogen-bond acceptors (Lipinski definition) is 3. The lowest BCUT2D eigenvalue weighted by atomic mass is 9.93. The van der Waals surface area contributed by atoms with Crippen LogP contribution in [0.4, 0.5) is 11.4 Å². The van der Waals surface area contributed by atoms with Crippen LogP contribution in [0.2, 0.25) is 0 Å². The fourth-order valence-electron chi connectivity index (χ4n) is 3.81. The van der Waals surface area contributed by atoms with Crippen LogP contribution in [0.25, 0.3) is 0 Å². The molecule has 2 aromatic carbocycles. The summed E-state index contributed by atoms with van der Waals surface area (Å²) in [5.41, 5.74) is 5.42. The monoisotopic (exact) mass is 323 g/mol. The standard InChI is InChI=1S/C21H29N3/c1-22(2)19-13-7-5-11-17(19)21(24-15-9-10-16-24)18-12-6-8-14-20(18)23(3)4/h5-8,11-14,21H,9-10,15-16H2,1-4H3. The van der Waals surface area contributed by atoms with Crippen molar-refractivity contribution in [3.05, 3.63) is 59.7 Å². The van der Waals surface area contributed by atoms with Crippen molar-refractivity contribution in [2.75, 3.05) is 51.1 Å². The molecule has 1 saturated heterocycles. The second-order valence-corrected chi connectivity index (χ2v) is 7.05. The van der Waals surface area contributed by atoms with Crippen LogP contribution in [0, 0.1) is 0 Å². The Kier molecular flexibility index (Phi) is 5.10. The Morgan fingerprint density at radius 1 is 0.708 bits per heavy atom. The van der Waals surface area contributed by atoms with E-state index in [1.54, 1.807) is 0 Å². The number of rotatable bonds is 5. The lowest BCUT2D eigenvalue weighted by molar-refractivity contribution is 0.282. The van der Waals surface area contributed by atoms with Crippen molar-refractivity contribution < 1.29 is 0 Å². The van der Waals surface area contributed by atoms with Gasteiger partial charge >= 0.3 is 0 Å². The lowest BCUT2D eigenvalue weighted by Gasteiger charge is -2.34. The van der Waals surface area contributed by atoms with E-state index in [9.17, 15) is 0 Å². The van der Waals surface area contributed by atoms with Crippen molar-refractivity contribution in [3.8, 4) is 0 Å². The number of nitrogens with zero attached hydrogens (tertiary/aromatic N) is 3. The predicted molar refractivity (Wildman–Crippen MR) is 104 cm³/mol. The second-order valence-electron chi connectivity index (χ2n) is 7.05. The van der Waals surface area contributed by atoms with Gasteiger partial charge in [-0.25, -0.2) is 0 Å². The number of para-hydroxylation sites is 2. The van der Waals surface area contributed by atoms with Crippen molar-refractivity contribution in [1.29, 1.82) is 0 Å². The van der Waals surface area contributed by atoms with Gasteiger partial charge in [0.05, 0.1) is 6.04 Å². The molecule has 0 amide bonds. The van der Waals surface area contributed by atoms with E-state index in [0.717, 1.165) is 0 Å². The van der Waals surface area contributed by atoms with E-state index in [1.807, 2.05) is 0 Å². The summed E-state index contributed by atoms with van der Waals surface area (Å²) in [6.45, 7) is 2.35. The quantitative estimate of drug-likeness (QED) is 0.823. The number of hydrogen-bond donors (Lipinski definition) is 0. The molecule has 0 radical (unpaired) electrons. The number of likely N-dealkylation sites (tertiary alicyclic amines) is 1. The Hall–Kier alpha value is -2.00. The van der Waals surface area contributed by atoms with E-state index in [0.29, 0.717) is 6.04 Å². The van der Waals surface area contributed by atoms with E-state index < -0.39 is 0 Å². The minimum Gasteiger partial charge on any atom is -0.377 e. The number of benzene rings is 2. The maximum Gasteiger partial charge on any atom is 0.0642 e. The normalized spacial score (nSPS) is 15.0. The van der Waals surface area contributed by atoms with E-state index in [1.165, 1.54) is 48.4 Å². The summed E-state index contributed by atoms with van der Waals surface area (Å²) in [6, 6.07) is 18.0. The van der Waals surface area contributed by atoms with Gasteiger partial charge in [-0.3, -0.25) is 4.90 Å². The van der Waals surface area contributed by atoms with Crippen LogP contribution in [0.5, 0.6) is 0 Å². The molecule has 0 atom stereocenters. The van der Waals surface area contributed by atoms with Gasteiger partial charge in [0.15, 0.2) is 0 Å². The van der Waals surface area contributed by atoms with Gasteiger partial charge in [-0.2, -0.15) is 0 Å². The average molecular weight is 323 g/mol. The SMILES string of the molecule is CN(C)c1ccccc1C(c1ccccc1N(C)C)N1CCCC1. The minimum atomic E-state index is 0.310. The second kappa shape index (κ2) is 7.27. The van der Waals surface area contributed by atoms with Gasteiger partial charge in [0.2, 0.25) is 0 Å². The Morgan fingerprint density at radius 3 is 1.54 bits per heavy atom. The molecule has 2 aromatic rings. The van der Waals surface area contributed by atoms with E-state index in [-0.39, 0.29) is 0 Å². The molecular formula is C21H29N3. The van der Waals surface area contributed by atoms with E-state index in [2.05, 4.69) is 91.4 Å². The third kappa shape index (κ3) is 3.27. The highest BCUT2D eigenvalue weighted by atomic mass is 15.2. The van der Waals surface area contributed by atoms with Gasteiger partial charge in [0.25, 0.3) is 0 Å². The van der Waals surface area contributed by atoms with Crippen LogP contribution in [0.15, 0.2) is 48.5 Å². The molecule has 3 rings (SSSR count). The molecule has 0 aromatic heterocycles. The van der Waals surface area contributed by atoms with Crippen LogP contribution >= 0.6 is 0 Å². The molecule has 128 valence electrons. The van der Waals surface area contributed by atoms with Gasteiger partial charge in [-0.15, -0.1) is 0 Å². The Bertz CT molecular complexity index is 621. The molecule has 0 unspecified atom stereocenters. The van der Waals surface area contributed by atoms with Crippen LogP contribution in [-0.2, 0) is 0 Å². The summed E-state index contributed by atoms with van der Waals surface area (Å²) < 4.78 is 0. The van der Waals surface area contributed by atoms with Crippen LogP contribution in [-0.4, -0.2) is 46.2 Å². The molecule has 24 heavy (non-hydrogen) atoms.